The molecule has 1 aromatic heterocycles. The first-order valence-electron chi connectivity index (χ1n) is 7.40. The van der Waals surface area contributed by atoms with Crippen LogP contribution in [-0.2, 0) is 7.05 Å². The number of phenols is 1. The Hall–Kier alpha value is -2.75. The maximum atomic E-state index is 11.5. The molecule has 4 heteroatoms. The summed E-state index contributed by atoms with van der Waals surface area (Å²) in [5, 5.41) is 11.2. The van der Waals surface area contributed by atoms with Crippen LogP contribution in [0.5, 0.6) is 11.5 Å². The van der Waals surface area contributed by atoms with Crippen LogP contribution in [0, 0.1) is 13.8 Å². The van der Waals surface area contributed by atoms with Crippen molar-refractivity contribution in [2.24, 2.45) is 7.05 Å². The largest absolute Gasteiger partial charge is 0.504 e. The molecule has 3 aromatic rings. The van der Waals surface area contributed by atoms with Crippen molar-refractivity contribution in [1.82, 2.24) is 4.57 Å². The number of ether oxygens (including phenoxy) is 1. The van der Waals surface area contributed by atoms with E-state index in [0.717, 1.165) is 28.7 Å². The molecule has 0 unspecified atom stereocenters. The van der Waals surface area contributed by atoms with Crippen LogP contribution in [0.25, 0.3) is 22.2 Å². The summed E-state index contributed by atoms with van der Waals surface area (Å²) in [5.41, 5.74) is 5.33. The van der Waals surface area contributed by atoms with E-state index in [1.165, 1.54) is 7.11 Å². The summed E-state index contributed by atoms with van der Waals surface area (Å²) in [4.78, 5) is 11.5. The Morgan fingerprint density at radius 1 is 1.22 bits per heavy atom. The van der Waals surface area contributed by atoms with E-state index in [1.807, 2.05) is 43.7 Å². The number of nitrogens with zero attached hydrogens (tertiary/aromatic N) is 1. The van der Waals surface area contributed by atoms with E-state index in [-0.39, 0.29) is 5.75 Å². The van der Waals surface area contributed by atoms with E-state index in [0.29, 0.717) is 22.2 Å². The van der Waals surface area contributed by atoms with Gasteiger partial charge < -0.3 is 14.4 Å². The van der Waals surface area contributed by atoms with Crippen molar-refractivity contribution in [2.45, 2.75) is 13.8 Å². The lowest BCUT2D eigenvalue weighted by molar-refractivity contribution is 0.112. The third-order valence-corrected chi connectivity index (χ3v) is 4.31. The standard InChI is InChI=1S/C19H19NO3/c1-11-6-5-7-13(8-11)17-12(2)16-18(20(17)3)14(10-21)9-15(23-4)19(16)22/h5-10,22H,1-4H3. The smallest absolute Gasteiger partial charge is 0.167 e. The molecule has 0 saturated carbocycles. The van der Waals surface area contributed by atoms with Crippen LogP contribution < -0.4 is 4.74 Å². The van der Waals surface area contributed by atoms with Gasteiger partial charge in [-0.3, -0.25) is 4.79 Å². The fourth-order valence-corrected chi connectivity index (χ4v) is 3.30. The van der Waals surface area contributed by atoms with Crippen LogP contribution >= 0.6 is 0 Å². The number of hydrogen-bond donors (Lipinski definition) is 1. The Kier molecular flexibility index (Phi) is 3.60. The number of benzene rings is 2. The maximum absolute atomic E-state index is 11.5. The van der Waals surface area contributed by atoms with Crippen LogP contribution in [-0.4, -0.2) is 23.1 Å². The molecular weight excluding hydrogens is 290 g/mol. The second-order valence-electron chi connectivity index (χ2n) is 5.76. The highest BCUT2D eigenvalue weighted by atomic mass is 16.5. The average molecular weight is 309 g/mol. The van der Waals surface area contributed by atoms with Crippen molar-refractivity contribution < 1.29 is 14.6 Å². The molecule has 23 heavy (non-hydrogen) atoms. The van der Waals surface area contributed by atoms with E-state index in [1.54, 1.807) is 6.07 Å². The zero-order valence-electron chi connectivity index (χ0n) is 13.7. The molecular formula is C19H19NO3. The first-order valence-corrected chi connectivity index (χ1v) is 7.40. The van der Waals surface area contributed by atoms with Gasteiger partial charge in [0.1, 0.15) is 0 Å². The molecule has 0 bridgehead atoms. The lowest BCUT2D eigenvalue weighted by Crippen LogP contribution is -1.96. The van der Waals surface area contributed by atoms with E-state index in [4.69, 9.17) is 4.74 Å². The third-order valence-electron chi connectivity index (χ3n) is 4.31. The number of aromatic nitrogens is 1. The average Bonchev–Trinajstić information content (AvgIpc) is 2.80. The normalized spacial score (nSPS) is 11.0. The number of rotatable bonds is 3. The van der Waals surface area contributed by atoms with Crippen LogP contribution in [0.4, 0.5) is 0 Å². The number of methoxy groups -OCH3 is 1. The molecule has 0 saturated heterocycles. The van der Waals surface area contributed by atoms with Crippen LogP contribution in [0.1, 0.15) is 21.5 Å². The van der Waals surface area contributed by atoms with Crippen LogP contribution in [0.15, 0.2) is 30.3 Å². The molecule has 0 spiro atoms. The first-order chi connectivity index (χ1) is 11.0. The van der Waals surface area contributed by atoms with Gasteiger partial charge in [0.05, 0.1) is 18.3 Å². The Balaban J connectivity index is 2.47. The number of aryl methyl sites for hydroxylation is 3. The van der Waals surface area contributed by atoms with Gasteiger partial charge in [-0.05, 0) is 37.1 Å². The second kappa shape index (κ2) is 5.47. The monoisotopic (exact) mass is 309 g/mol. The van der Waals surface area contributed by atoms with Gasteiger partial charge in [-0.25, -0.2) is 0 Å². The molecule has 4 nitrogen and oxygen atoms in total. The minimum absolute atomic E-state index is 0.0695. The molecule has 118 valence electrons. The van der Waals surface area contributed by atoms with Gasteiger partial charge in [0.15, 0.2) is 17.8 Å². The molecule has 3 rings (SSSR count). The van der Waals surface area contributed by atoms with Crippen molar-refractivity contribution >= 4 is 17.2 Å². The van der Waals surface area contributed by atoms with Gasteiger partial charge in [-0.2, -0.15) is 0 Å². The Morgan fingerprint density at radius 2 is 1.96 bits per heavy atom. The van der Waals surface area contributed by atoms with Crippen LogP contribution in [0.3, 0.4) is 0 Å². The quantitative estimate of drug-likeness (QED) is 0.744. The summed E-state index contributed by atoms with van der Waals surface area (Å²) in [5.74, 6) is 0.379. The molecule has 0 aliphatic carbocycles. The molecule has 0 fully saturated rings. The van der Waals surface area contributed by atoms with E-state index < -0.39 is 0 Å². The number of hydrogen-bond acceptors (Lipinski definition) is 3. The predicted octanol–water partition coefficient (Wildman–Crippen LogP) is 3.99. The summed E-state index contributed by atoms with van der Waals surface area (Å²) in [6.45, 7) is 3.99. The number of phenolic OH excluding ortho intramolecular Hbond substituents is 1. The highest BCUT2D eigenvalue weighted by Crippen LogP contribution is 2.43. The van der Waals surface area contributed by atoms with Crippen molar-refractivity contribution in [3.63, 3.8) is 0 Å². The summed E-state index contributed by atoms with van der Waals surface area (Å²) >= 11 is 0. The summed E-state index contributed by atoms with van der Waals surface area (Å²) < 4.78 is 7.17. The van der Waals surface area contributed by atoms with Crippen molar-refractivity contribution in [1.29, 1.82) is 0 Å². The fourth-order valence-electron chi connectivity index (χ4n) is 3.30. The van der Waals surface area contributed by atoms with E-state index in [2.05, 4.69) is 6.07 Å². The zero-order valence-corrected chi connectivity index (χ0v) is 13.7. The highest BCUT2D eigenvalue weighted by molar-refractivity contribution is 6.05. The molecule has 0 amide bonds. The Labute approximate surface area is 134 Å². The lowest BCUT2D eigenvalue weighted by atomic mass is 10.0. The van der Waals surface area contributed by atoms with Gasteiger partial charge in [0.25, 0.3) is 0 Å². The van der Waals surface area contributed by atoms with Crippen molar-refractivity contribution in [2.75, 3.05) is 7.11 Å². The van der Waals surface area contributed by atoms with Crippen LogP contribution in [0.2, 0.25) is 0 Å². The molecule has 0 atom stereocenters. The lowest BCUT2D eigenvalue weighted by Gasteiger charge is -2.08. The summed E-state index contributed by atoms with van der Waals surface area (Å²) in [7, 11) is 3.39. The number of carbonyl (C=O) groups excluding carboxylic acids is 1. The molecule has 0 aliphatic rings. The minimum Gasteiger partial charge on any atom is -0.504 e. The van der Waals surface area contributed by atoms with E-state index >= 15 is 0 Å². The van der Waals surface area contributed by atoms with Gasteiger partial charge in [0.2, 0.25) is 0 Å². The van der Waals surface area contributed by atoms with Gasteiger partial charge >= 0.3 is 0 Å². The minimum atomic E-state index is 0.0695. The zero-order chi connectivity index (χ0) is 16.7. The number of aromatic hydroxyl groups is 1. The summed E-state index contributed by atoms with van der Waals surface area (Å²) in [6.07, 6.45) is 0.795. The molecule has 1 N–H and O–H groups in total. The molecule has 1 heterocycles. The number of fused-ring (bicyclic) bond motifs is 1. The third kappa shape index (κ3) is 2.18. The maximum Gasteiger partial charge on any atom is 0.167 e. The first kappa shape index (κ1) is 15.2. The predicted molar refractivity (Wildman–Crippen MR) is 91.4 cm³/mol. The number of aldehydes is 1. The van der Waals surface area contributed by atoms with Crippen molar-refractivity contribution in [3.05, 3.63) is 47.0 Å². The number of carbonyl (C=O) groups is 1. The van der Waals surface area contributed by atoms with Gasteiger partial charge in [-0.1, -0.05) is 23.8 Å². The summed E-state index contributed by atoms with van der Waals surface area (Å²) in [6, 6.07) is 9.74. The highest BCUT2D eigenvalue weighted by Gasteiger charge is 2.22. The SMILES string of the molecule is COc1cc(C=O)c2c(c(C)c(-c3cccc(C)c3)n2C)c1O. The molecule has 2 aromatic carbocycles. The topological polar surface area (TPSA) is 51.5 Å². The molecule has 0 radical (unpaired) electrons. The van der Waals surface area contributed by atoms with Crippen molar-refractivity contribution in [3.8, 4) is 22.8 Å². The molecule has 0 aliphatic heterocycles. The Bertz CT molecular complexity index is 922. The van der Waals surface area contributed by atoms with Gasteiger partial charge in [0, 0.05) is 18.0 Å². The van der Waals surface area contributed by atoms with E-state index in [9.17, 15) is 9.90 Å². The van der Waals surface area contributed by atoms with Gasteiger partial charge in [-0.15, -0.1) is 0 Å². The Morgan fingerprint density at radius 3 is 2.57 bits per heavy atom. The fraction of sp³-hybridized carbons (Fsp3) is 0.211. The second-order valence-corrected chi connectivity index (χ2v) is 5.76.